The molecule has 0 saturated carbocycles. The standard InChI is InChI=1S/C27H32N4O3S/c1-20(26(32)29-22-9-11-23(12-10-22)30-13-16-33-17-14-30)35-27-28-18-25(21-6-3-2-4-7-21)31(27)19-24-8-5-15-34-24/h2-4,6-7,9-12,18,20,24H,5,8,13-17,19H2,1H3,(H,29,32). The molecular weight excluding hydrogens is 460 g/mol. The second kappa shape index (κ2) is 11.3. The van der Waals surface area contributed by atoms with E-state index in [4.69, 9.17) is 14.5 Å². The SMILES string of the molecule is CC(Sc1ncc(-c2ccccc2)n1CC1CCCO1)C(=O)Nc1ccc(N2CCOCC2)cc1. The molecule has 0 radical (unpaired) electrons. The predicted molar refractivity (Wildman–Crippen MR) is 140 cm³/mol. The summed E-state index contributed by atoms with van der Waals surface area (Å²) in [4.78, 5) is 20.0. The third kappa shape index (κ3) is 5.89. The first-order chi connectivity index (χ1) is 17.2. The third-order valence-corrected chi connectivity index (χ3v) is 7.57. The molecule has 184 valence electrons. The van der Waals surface area contributed by atoms with Gasteiger partial charge >= 0.3 is 0 Å². The number of imidazole rings is 1. The minimum atomic E-state index is -0.303. The molecule has 2 aliphatic rings. The first-order valence-corrected chi connectivity index (χ1v) is 13.2. The van der Waals surface area contributed by atoms with Crippen molar-refractivity contribution in [3.8, 4) is 11.3 Å². The van der Waals surface area contributed by atoms with Crippen molar-refractivity contribution in [2.24, 2.45) is 0 Å². The number of morpholine rings is 1. The zero-order chi connectivity index (χ0) is 24.0. The van der Waals surface area contributed by atoms with Gasteiger partial charge in [-0.3, -0.25) is 4.79 Å². The van der Waals surface area contributed by atoms with E-state index in [1.54, 1.807) is 0 Å². The lowest BCUT2D eigenvalue weighted by Crippen LogP contribution is -2.36. The molecule has 1 amide bonds. The number of thioether (sulfide) groups is 1. The van der Waals surface area contributed by atoms with Crippen molar-refractivity contribution in [3.63, 3.8) is 0 Å². The number of nitrogens with zero attached hydrogens (tertiary/aromatic N) is 3. The Morgan fingerprint density at radius 2 is 1.89 bits per heavy atom. The van der Waals surface area contributed by atoms with E-state index < -0.39 is 0 Å². The van der Waals surface area contributed by atoms with Gasteiger partial charge in [-0.05, 0) is 49.6 Å². The summed E-state index contributed by atoms with van der Waals surface area (Å²) in [7, 11) is 0. The zero-order valence-corrected chi connectivity index (χ0v) is 20.9. The van der Waals surface area contributed by atoms with E-state index >= 15 is 0 Å². The number of rotatable bonds is 8. The normalized spacial score (nSPS) is 19.0. The highest BCUT2D eigenvalue weighted by Gasteiger charge is 2.24. The summed E-state index contributed by atoms with van der Waals surface area (Å²) in [5, 5.41) is 3.59. The third-order valence-electron chi connectivity index (χ3n) is 6.46. The van der Waals surface area contributed by atoms with Crippen molar-refractivity contribution in [2.45, 2.75) is 42.8 Å². The van der Waals surface area contributed by atoms with Crippen LogP contribution in [0.3, 0.4) is 0 Å². The number of carbonyl (C=O) groups excluding carboxylic acids is 1. The van der Waals surface area contributed by atoms with Crippen molar-refractivity contribution in [2.75, 3.05) is 43.1 Å². The lowest BCUT2D eigenvalue weighted by atomic mass is 10.1. The van der Waals surface area contributed by atoms with E-state index in [0.717, 1.165) is 80.1 Å². The predicted octanol–water partition coefficient (Wildman–Crippen LogP) is 4.69. The molecule has 2 unspecified atom stereocenters. The van der Waals surface area contributed by atoms with Crippen molar-refractivity contribution >= 4 is 29.0 Å². The summed E-state index contributed by atoms with van der Waals surface area (Å²) in [6.07, 6.45) is 4.22. The molecule has 2 atom stereocenters. The van der Waals surface area contributed by atoms with Crippen LogP contribution in [-0.2, 0) is 20.8 Å². The van der Waals surface area contributed by atoms with Gasteiger partial charge in [0.25, 0.3) is 0 Å². The van der Waals surface area contributed by atoms with Crippen molar-refractivity contribution < 1.29 is 14.3 Å². The molecule has 3 heterocycles. The maximum atomic E-state index is 13.0. The van der Waals surface area contributed by atoms with Crippen LogP contribution < -0.4 is 10.2 Å². The molecule has 3 aromatic rings. The van der Waals surface area contributed by atoms with Crippen LogP contribution >= 0.6 is 11.8 Å². The Kier molecular flexibility index (Phi) is 7.71. The summed E-state index contributed by atoms with van der Waals surface area (Å²) >= 11 is 1.48. The van der Waals surface area contributed by atoms with Crippen LogP contribution in [0.25, 0.3) is 11.3 Å². The van der Waals surface area contributed by atoms with Gasteiger partial charge in [-0.25, -0.2) is 4.98 Å². The van der Waals surface area contributed by atoms with E-state index in [-0.39, 0.29) is 17.3 Å². The summed E-state index contributed by atoms with van der Waals surface area (Å²) in [5.41, 5.74) is 4.11. The van der Waals surface area contributed by atoms with Crippen LogP contribution in [0.4, 0.5) is 11.4 Å². The lowest BCUT2D eigenvalue weighted by molar-refractivity contribution is -0.115. The Hall–Kier alpha value is -2.81. The van der Waals surface area contributed by atoms with E-state index in [1.165, 1.54) is 11.8 Å². The van der Waals surface area contributed by atoms with E-state index in [9.17, 15) is 4.79 Å². The Morgan fingerprint density at radius 3 is 2.60 bits per heavy atom. The number of benzene rings is 2. The van der Waals surface area contributed by atoms with Gasteiger partial charge in [0.2, 0.25) is 5.91 Å². The summed E-state index contributed by atoms with van der Waals surface area (Å²) < 4.78 is 13.5. The van der Waals surface area contributed by atoms with E-state index in [0.29, 0.717) is 0 Å². The van der Waals surface area contributed by atoms with Crippen LogP contribution in [0.1, 0.15) is 19.8 Å². The van der Waals surface area contributed by atoms with Crippen LogP contribution in [0.15, 0.2) is 66.0 Å². The average Bonchev–Trinajstić information content (AvgIpc) is 3.56. The van der Waals surface area contributed by atoms with Crippen molar-refractivity contribution in [1.82, 2.24) is 9.55 Å². The quantitative estimate of drug-likeness (QED) is 0.461. The van der Waals surface area contributed by atoms with Crippen LogP contribution in [0.2, 0.25) is 0 Å². The van der Waals surface area contributed by atoms with Gasteiger partial charge < -0.3 is 24.3 Å². The van der Waals surface area contributed by atoms with Crippen molar-refractivity contribution in [3.05, 3.63) is 60.8 Å². The largest absolute Gasteiger partial charge is 0.378 e. The molecule has 0 spiro atoms. The topological polar surface area (TPSA) is 68.6 Å². The van der Waals surface area contributed by atoms with Crippen molar-refractivity contribution in [1.29, 1.82) is 0 Å². The number of ether oxygens (including phenoxy) is 2. The highest BCUT2D eigenvalue weighted by Crippen LogP contribution is 2.31. The molecule has 5 rings (SSSR count). The van der Waals surface area contributed by atoms with Gasteiger partial charge in [-0.2, -0.15) is 0 Å². The average molecular weight is 493 g/mol. The molecule has 0 bridgehead atoms. The minimum Gasteiger partial charge on any atom is -0.378 e. The van der Waals surface area contributed by atoms with Gasteiger partial charge in [-0.15, -0.1) is 0 Å². The first-order valence-electron chi connectivity index (χ1n) is 12.3. The smallest absolute Gasteiger partial charge is 0.237 e. The highest BCUT2D eigenvalue weighted by atomic mass is 32.2. The first kappa shape index (κ1) is 23.9. The molecule has 0 aliphatic carbocycles. The van der Waals surface area contributed by atoms with Gasteiger partial charge in [0.15, 0.2) is 5.16 Å². The van der Waals surface area contributed by atoms with Crippen LogP contribution in [-0.4, -0.2) is 59.7 Å². The van der Waals surface area contributed by atoms with E-state index in [1.807, 2.05) is 43.5 Å². The number of anilines is 2. The number of amides is 1. The summed E-state index contributed by atoms with van der Waals surface area (Å²) in [6, 6.07) is 18.3. The number of carbonyl (C=O) groups is 1. The van der Waals surface area contributed by atoms with Gasteiger partial charge in [0.05, 0.1) is 43.0 Å². The fraction of sp³-hybridized carbons (Fsp3) is 0.407. The fourth-order valence-electron chi connectivity index (χ4n) is 4.49. The summed E-state index contributed by atoms with van der Waals surface area (Å²) in [5.74, 6) is -0.0398. The molecule has 35 heavy (non-hydrogen) atoms. The molecule has 2 aromatic carbocycles. The molecule has 8 heteroatoms. The number of nitrogens with one attached hydrogen (secondary N) is 1. The monoisotopic (exact) mass is 492 g/mol. The fourth-order valence-corrected chi connectivity index (χ4v) is 5.39. The van der Waals surface area contributed by atoms with Gasteiger partial charge in [0, 0.05) is 31.1 Å². The highest BCUT2D eigenvalue weighted by molar-refractivity contribution is 8.00. The molecule has 2 aliphatic heterocycles. The number of hydrogen-bond acceptors (Lipinski definition) is 6. The maximum absolute atomic E-state index is 13.0. The minimum absolute atomic E-state index is 0.0398. The summed E-state index contributed by atoms with van der Waals surface area (Å²) in [6.45, 7) is 6.76. The van der Waals surface area contributed by atoms with Gasteiger partial charge in [0.1, 0.15) is 0 Å². The Balaban J connectivity index is 1.26. The number of aromatic nitrogens is 2. The zero-order valence-electron chi connectivity index (χ0n) is 20.1. The molecule has 7 nitrogen and oxygen atoms in total. The van der Waals surface area contributed by atoms with Crippen LogP contribution in [0, 0.1) is 0 Å². The number of hydrogen-bond donors (Lipinski definition) is 1. The Bertz CT molecular complexity index is 1110. The Morgan fingerprint density at radius 1 is 1.11 bits per heavy atom. The molecule has 1 N–H and O–H groups in total. The van der Waals surface area contributed by atoms with Gasteiger partial charge in [-0.1, -0.05) is 42.1 Å². The maximum Gasteiger partial charge on any atom is 0.237 e. The molecule has 1 aromatic heterocycles. The lowest BCUT2D eigenvalue weighted by Gasteiger charge is -2.28. The molecule has 2 fully saturated rings. The molecule has 2 saturated heterocycles. The Labute approximate surface area is 210 Å². The molecular formula is C27H32N4O3S. The van der Waals surface area contributed by atoms with Crippen LogP contribution in [0.5, 0.6) is 0 Å². The van der Waals surface area contributed by atoms with E-state index in [2.05, 4.69) is 39.0 Å². The second-order valence-corrected chi connectivity index (χ2v) is 10.2. The second-order valence-electron chi connectivity index (χ2n) is 8.93.